The van der Waals surface area contributed by atoms with Gasteiger partial charge in [0, 0.05) is 13.2 Å². The van der Waals surface area contributed by atoms with Gasteiger partial charge in [-0.3, -0.25) is 4.79 Å². The molecule has 0 bridgehead atoms. The molecule has 0 fully saturated rings. The molecule has 0 aliphatic rings. The van der Waals surface area contributed by atoms with E-state index in [-0.39, 0.29) is 5.56 Å². The molecule has 14 heavy (non-hydrogen) atoms. The summed E-state index contributed by atoms with van der Waals surface area (Å²) in [5.74, 6) is 0. The monoisotopic (exact) mass is 261 g/mol. The second kappa shape index (κ2) is 5.77. The number of hydrogen-bond donors (Lipinski definition) is 2. The molecule has 0 amide bonds. The maximum Gasteiger partial charge on any atom is 0.280 e. The first-order valence-corrected chi connectivity index (χ1v) is 5.09. The van der Waals surface area contributed by atoms with Crippen molar-refractivity contribution < 1.29 is 4.74 Å². The molecule has 1 aromatic rings. The van der Waals surface area contributed by atoms with Gasteiger partial charge < -0.3 is 10.1 Å². The summed E-state index contributed by atoms with van der Waals surface area (Å²) >= 11 is 3.16. The SMILES string of the molecule is CCOCCNc1cn[nH]c(=O)c1Br. The summed E-state index contributed by atoms with van der Waals surface area (Å²) in [6.45, 7) is 3.88. The van der Waals surface area contributed by atoms with Crippen LogP contribution in [0.1, 0.15) is 6.92 Å². The van der Waals surface area contributed by atoms with E-state index in [2.05, 4.69) is 31.4 Å². The lowest BCUT2D eigenvalue weighted by molar-refractivity contribution is 0.158. The van der Waals surface area contributed by atoms with Crippen molar-refractivity contribution in [1.82, 2.24) is 10.2 Å². The second-order valence-electron chi connectivity index (χ2n) is 2.55. The van der Waals surface area contributed by atoms with Crippen molar-refractivity contribution in [3.63, 3.8) is 0 Å². The van der Waals surface area contributed by atoms with Gasteiger partial charge in [-0.25, -0.2) is 5.10 Å². The molecule has 0 radical (unpaired) electrons. The van der Waals surface area contributed by atoms with Gasteiger partial charge in [0.1, 0.15) is 4.47 Å². The summed E-state index contributed by atoms with van der Waals surface area (Å²) in [6, 6.07) is 0. The van der Waals surface area contributed by atoms with Gasteiger partial charge in [-0.1, -0.05) is 0 Å². The van der Waals surface area contributed by atoms with Crippen molar-refractivity contribution in [1.29, 1.82) is 0 Å². The molecule has 5 nitrogen and oxygen atoms in total. The number of ether oxygens (including phenoxy) is 1. The number of aromatic nitrogens is 2. The Morgan fingerprint density at radius 3 is 3.21 bits per heavy atom. The largest absolute Gasteiger partial charge is 0.380 e. The zero-order valence-electron chi connectivity index (χ0n) is 7.84. The van der Waals surface area contributed by atoms with Crippen molar-refractivity contribution in [2.75, 3.05) is 25.1 Å². The highest BCUT2D eigenvalue weighted by Crippen LogP contribution is 2.14. The predicted octanol–water partition coefficient (Wildman–Crippen LogP) is 0.981. The van der Waals surface area contributed by atoms with Gasteiger partial charge in [-0.2, -0.15) is 5.10 Å². The van der Waals surface area contributed by atoms with E-state index in [1.54, 1.807) is 6.20 Å². The molecule has 0 aliphatic heterocycles. The van der Waals surface area contributed by atoms with Crippen LogP contribution in [0, 0.1) is 0 Å². The third-order valence-corrected chi connectivity index (χ3v) is 2.35. The Balaban J connectivity index is 2.51. The molecule has 0 atom stereocenters. The summed E-state index contributed by atoms with van der Waals surface area (Å²) in [5, 5.41) is 9.03. The van der Waals surface area contributed by atoms with E-state index >= 15 is 0 Å². The lowest BCUT2D eigenvalue weighted by Gasteiger charge is -2.06. The topological polar surface area (TPSA) is 67.0 Å². The van der Waals surface area contributed by atoms with Crippen LogP contribution >= 0.6 is 15.9 Å². The van der Waals surface area contributed by atoms with Crippen molar-refractivity contribution in [3.05, 3.63) is 21.0 Å². The Labute approximate surface area is 90.0 Å². The quantitative estimate of drug-likeness (QED) is 0.776. The Hall–Kier alpha value is -0.880. The van der Waals surface area contributed by atoms with Crippen molar-refractivity contribution >= 4 is 21.6 Å². The molecule has 6 heteroatoms. The summed E-state index contributed by atoms with van der Waals surface area (Å²) in [6.07, 6.45) is 1.55. The standard InChI is InChI=1S/C8H12BrN3O2/c1-2-14-4-3-10-6-5-11-12-8(13)7(6)9/h5H,2-4H2,1H3,(H2,10,12,13). The zero-order valence-corrected chi connectivity index (χ0v) is 9.43. The van der Waals surface area contributed by atoms with Crippen LogP contribution in [-0.2, 0) is 4.74 Å². The van der Waals surface area contributed by atoms with Crippen LogP contribution in [0.25, 0.3) is 0 Å². The first-order valence-electron chi connectivity index (χ1n) is 4.30. The third kappa shape index (κ3) is 3.12. The average molecular weight is 262 g/mol. The van der Waals surface area contributed by atoms with Gasteiger partial charge in [0.2, 0.25) is 0 Å². The Morgan fingerprint density at radius 2 is 2.50 bits per heavy atom. The van der Waals surface area contributed by atoms with E-state index in [4.69, 9.17) is 4.74 Å². The lowest BCUT2D eigenvalue weighted by Crippen LogP contribution is -2.15. The predicted molar refractivity (Wildman–Crippen MR) is 57.5 cm³/mol. The van der Waals surface area contributed by atoms with E-state index in [9.17, 15) is 4.79 Å². The summed E-state index contributed by atoms with van der Waals surface area (Å²) in [5.41, 5.74) is 0.430. The summed E-state index contributed by atoms with van der Waals surface area (Å²) in [7, 11) is 0. The fraction of sp³-hybridized carbons (Fsp3) is 0.500. The van der Waals surface area contributed by atoms with Crippen molar-refractivity contribution in [2.45, 2.75) is 6.92 Å². The zero-order chi connectivity index (χ0) is 10.4. The van der Waals surface area contributed by atoms with Gasteiger partial charge in [0.15, 0.2) is 0 Å². The summed E-state index contributed by atoms with van der Waals surface area (Å²) in [4.78, 5) is 11.1. The number of aromatic amines is 1. The highest BCUT2D eigenvalue weighted by Gasteiger charge is 2.02. The number of anilines is 1. The van der Waals surface area contributed by atoms with Gasteiger partial charge in [0.25, 0.3) is 5.56 Å². The van der Waals surface area contributed by atoms with E-state index in [1.807, 2.05) is 6.92 Å². The molecular formula is C8H12BrN3O2. The lowest BCUT2D eigenvalue weighted by atomic mass is 10.4. The third-order valence-electron chi connectivity index (χ3n) is 1.56. The maximum atomic E-state index is 11.1. The first-order chi connectivity index (χ1) is 6.75. The van der Waals surface area contributed by atoms with Gasteiger partial charge in [-0.15, -0.1) is 0 Å². The van der Waals surface area contributed by atoms with Crippen LogP contribution in [0.2, 0.25) is 0 Å². The van der Waals surface area contributed by atoms with E-state index in [1.165, 1.54) is 0 Å². The van der Waals surface area contributed by atoms with Gasteiger partial charge >= 0.3 is 0 Å². The highest BCUT2D eigenvalue weighted by molar-refractivity contribution is 9.10. The fourth-order valence-electron chi connectivity index (χ4n) is 0.909. The molecule has 0 aromatic carbocycles. The van der Waals surface area contributed by atoms with Crippen LogP contribution < -0.4 is 10.9 Å². The number of halogens is 1. The minimum absolute atomic E-state index is 0.244. The number of H-pyrrole nitrogens is 1. The second-order valence-corrected chi connectivity index (χ2v) is 3.34. The molecule has 78 valence electrons. The Morgan fingerprint density at radius 1 is 1.71 bits per heavy atom. The normalized spacial score (nSPS) is 10.1. The molecule has 2 N–H and O–H groups in total. The van der Waals surface area contributed by atoms with Crippen LogP contribution in [0.5, 0.6) is 0 Å². The molecule has 0 saturated heterocycles. The Bertz CT molecular complexity index is 340. The van der Waals surface area contributed by atoms with Crippen LogP contribution in [0.3, 0.4) is 0 Å². The van der Waals surface area contributed by atoms with Gasteiger partial charge in [0.05, 0.1) is 18.5 Å². The molecule has 0 spiro atoms. The van der Waals surface area contributed by atoms with Crippen LogP contribution in [0.15, 0.2) is 15.5 Å². The van der Waals surface area contributed by atoms with Crippen LogP contribution in [-0.4, -0.2) is 30.0 Å². The van der Waals surface area contributed by atoms with Crippen molar-refractivity contribution in [2.24, 2.45) is 0 Å². The fourth-order valence-corrected chi connectivity index (χ4v) is 1.24. The molecular weight excluding hydrogens is 250 g/mol. The Kier molecular flexibility index (Phi) is 4.61. The minimum atomic E-state index is -0.244. The van der Waals surface area contributed by atoms with Crippen LogP contribution in [0.4, 0.5) is 5.69 Å². The molecule has 0 unspecified atom stereocenters. The van der Waals surface area contributed by atoms with E-state index in [0.717, 1.165) is 0 Å². The maximum absolute atomic E-state index is 11.1. The molecule has 0 saturated carbocycles. The van der Waals surface area contributed by atoms with E-state index in [0.29, 0.717) is 29.9 Å². The molecule has 1 rings (SSSR count). The highest BCUT2D eigenvalue weighted by atomic mass is 79.9. The van der Waals surface area contributed by atoms with E-state index < -0.39 is 0 Å². The number of nitrogens with zero attached hydrogens (tertiary/aromatic N) is 1. The molecule has 0 aliphatic carbocycles. The van der Waals surface area contributed by atoms with Crippen molar-refractivity contribution in [3.8, 4) is 0 Å². The molecule has 1 heterocycles. The first kappa shape index (κ1) is 11.2. The smallest absolute Gasteiger partial charge is 0.280 e. The number of nitrogens with one attached hydrogen (secondary N) is 2. The number of rotatable bonds is 5. The average Bonchev–Trinajstić information content (AvgIpc) is 2.19. The number of hydrogen-bond acceptors (Lipinski definition) is 4. The molecule has 1 aromatic heterocycles. The minimum Gasteiger partial charge on any atom is -0.380 e. The van der Waals surface area contributed by atoms with Gasteiger partial charge in [-0.05, 0) is 22.9 Å². The summed E-state index contributed by atoms with van der Waals surface area (Å²) < 4.78 is 5.60.